The lowest BCUT2D eigenvalue weighted by atomic mass is 10.1. The van der Waals surface area contributed by atoms with Crippen LogP contribution in [0.25, 0.3) is 0 Å². The highest BCUT2D eigenvalue weighted by Crippen LogP contribution is 2.15. The average molecular weight is 243 g/mol. The van der Waals surface area contributed by atoms with Gasteiger partial charge in [0.1, 0.15) is 0 Å². The molecule has 0 saturated heterocycles. The van der Waals surface area contributed by atoms with E-state index >= 15 is 0 Å². The van der Waals surface area contributed by atoms with E-state index in [1.54, 1.807) is 11.3 Å². The SMILES string of the molecule is Cc1ccc(CNC(=O)C(S)C(C)C)s1. The summed E-state index contributed by atoms with van der Waals surface area (Å²) in [5, 5.41) is 2.67. The van der Waals surface area contributed by atoms with Gasteiger partial charge >= 0.3 is 0 Å². The molecule has 0 aliphatic rings. The highest BCUT2D eigenvalue weighted by molar-refractivity contribution is 7.81. The number of thiophene rings is 1. The minimum absolute atomic E-state index is 0.0133. The molecule has 1 amide bonds. The van der Waals surface area contributed by atoms with Crippen LogP contribution < -0.4 is 5.32 Å². The topological polar surface area (TPSA) is 29.1 Å². The van der Waals surface area contributed by atoms with Gasteiger partial charge < -0.3 is 5.32 Å². The second-order valence-electron chi connectivity index (χ2n) is 3.92. The van der Waals surface area contributed by atoms with Crippen molar-refractivity contribution >= 4 is 29.9 Å². The van der Waals surface area contributed by atoms with Crippen LogP contribution in [0.4, 0.5) is 0 Å². The van der Waals surface area contributed by atoms with E-state index in [0.29, 0.717) is 6.54 Å². The summed E-state index contributed by atoms with van der Waals surface area (Å²) in [4.78, 5) is 14.0. The Kier molecular flexibility index (Phi) is 4.67. The Morgan fingerprint density at radius 3 is 2.67 bits per heavy atom. The molecule has 1 unspecified atom stereocenters. The van der Waals surface area contributed by atoms with Gasteiger partial charge in [-0.3, -0.25) is 4.79 Å². The summed E-state index contributed by atoms with van der Waals surface area (Å²) in [6.07, 6.45) is 0. The first-order valence-corrected chi connectivity index (χ1v) is 6.35. The molecule has 1 aromatic heterocycles. The fraction of sp³-hybridized carbons (Fsp3) is 0.545. The summed E-state index contributed by atoms with van der Waals surface area (Å²) in [6.45, 7) is 6.66. The Bertz CT molecular complexity index is 333. The minimum atomic E-state index is -0.217. The Labute approximate surface area is 100 Å². The molecule has 0 fully saturated rings. The molecular formula is C11H17NOS2. The molecule has 15 heavy (non-hydrogen) atoms. The van der Waals surface area contributed by atoms with E-state index in [1.165, 1.54) is 9.75 Å². The van der Waals surface area contributed by atoms with Crippen LogP contribution in [0, 0.1) is 12.8 Å². The number of hydrogen-bond acceptors (Lipinski definition) is 3. The molecule has 0 aliphatic carbocycles. The van der Waals surface area contributed by atoms with Crippen LogP contribution in [0.1, 0.15) is 23.6 Å². The van der Waals surface area contributed by atoms with Gasteiger partial charge in [0.2, 0.25) is 5.91 Å². The lowest BCUT2D eigenvalue weighted by Crippen LogP contribution is -2.33. The fourth-order valence-electron chi connectivity index (χ4n) is 1.16. The molecule has 1 atom stereocenters. The molecule has 0 radical (unpaired) electrons. The monoisotopic (exact) mass is 243 g/mol. The second kappa shape index (κ2) is 5.56. The highest BCUT2D eigenvalue weighted by Gasteiger charge is 2.16. The van der Waals surface area contributed by atoms with E-state index in [2.05, 4.69) is 30.9 Å². The molecule has 4 heteroatoms. The van der Waals surface area contributed by atoms with Gasteiger partial charge in [-0.1, -0.05) is 13.8 Å². The third-order valence-electron chi connectivity index (χ3n) is 2.13. The first-order valence-electron chi connectivity index (χ1n) is 5.02. The van der Waals surface area contributed by atoms with Crippen LogP contribution in [0.15, 0.2) is 12.1 Å². The predicted octanol–water partition coefficient (Wildman–Crippen LogP) is 2.63. The molecule has 1 heterocycles. The van der Waals surface area contributed by atoms with Crippen molar-refractivity contribution in [2.45, 2.75) is 32.6 Å². The largest absolute Gasteiger partial charge is 0.350 e. The zero-order valence-corrected chi connectivity index (χ0v) is 11.0. The highest BCUT2D eigenvalue weighted by atomic mass is 32.1. The number of amides is 1. The molecule has 0 spiro atoms. The average Bonchev–Trinajstić information content (AvgIpc) is 2.59. The zero-order chi connectivity index (χ0) is 11.4. The molecule has 2 nitrogen and oxygen atoms in total. The lowest BCUT2D eigenvalue weighted by molar-refractivity contribution is -0.121. The van der Waals surface area contributed by atoms with Gasteiger partial charge in [-0.15, -0.1) is 11.3 Å². The molecule has 1 aromatic rings. The minimum Gasteiger partial charge on any atom is -0.350 e. The molecular weight excluding hydrogens is 226 g/mol. The maximum Gasteiger partial charge on any atom is 0.233 e. The van der Waals surface area contributed by atoms with Crippen molar-refractivity contribution in [3.8, 4) is 0 Å². The summed E-state index contributed by atoms with van der Waals surface area (Å²) >= 11 is 5.97. The molecule has 1 N–H and O–H groups in total. The number of rotatable bonds is 4. The summed E-state index contributed by atoms with van der Waals surface area (Å²) in [6, 6.07) is 4.11. The van der Waals surface area contributed by atoms with Crippen molar-refractivity contribution in [3.63, 3.8) is 0 Å². The molecule has 0 bridgehead atoms. The van der Waals surface area contributed by atoms with E-state index in [4.69, 9.17) is 0 Å². The number of carbonyl (C=O) groups is 1. The van der Waals surface area contributed by atoms with Crippen molar-refractivity contribution in [3.05, 3.63) is 21.9 Å². The van der Waals surface area contributed by atoms with E-state index in [0.717, 1.165) is 0 Å². The molecule has 1 rings (SSSR count). The summed E-state index contributed by atoms with van der Waals surface area (Å²) in [7, 11) is 0. The van der Waals surface area contributed by atoms with Gasteiger partial charge in [-0.2, -0.15) is 12.6 Å². The molecule has 0 aliphatic heterocycles. The fourth-order valence-corrected chi connectivity index (χ4v) is 2.08. The van der Waals surface area contributed by atoms with Gasteiger partial charge in [0.05, 0.1) is 11.8 Å². The summed E-state index contributed by atoms with van der Waals surface area (Å²) in [5.41, 5.74) is 0. The van der Waals surface area contributed by atoms with Gasteiger partial charge in [0.25, 0.3) is 0 Å². The summed E-state index contributed by atoms with van der Waals surface area (Å²) < 4.78 is 0. The van der Waals surface area contributed by atoms with E-state index in [-0.39, 0.29) is 17.1 Å². The second-order valence-corrected chi connectivity index (χ2v) is 5.85. The van der Waals surface area contributed by atoms with Crippen molar-refractivity contribution in [1.82, 2.24) is 5.32 Å². The van der Waals surface area contributed by atoms with Gasteiger partial charge in [-0.05, 0) is 25.0 Å². The van der Waals surface area contributed by atoms with Gasteiger partial charge in [0.15, 0.2) is 0 Å². The first-order chi connectivity index (χ1) is 7.00. The standard InChI is InChI=1S/C11H17NOS2/c1-7(2)10(14)11(13)12-6-9-5-4-8(3)15-9/h4-5,7,10,14H,6H2,1-3H3,(H,12,13). The normalized spacial score (nSPS) is 12.9. The van der Waals surface area contributed by atoms with Crippen LogP contribution in [-0.4, -0.2) is 11.2 Å². The van der Waals surface area contributed by atoms with Gasteiger partial charge in [-0.25, -0.2) is 0 Å². The smallest absolute Gasteiger partial charge is 0.233 e. The van der Waals surface area contributed by atoms with E-state index in [9.17, 15) is 4.79 Å². The predicted molar refractivity (Wildman–Crippen MR) is 68.5 cm³/mol. The third-order valence-corrected chi connectivity index (χ3v) is 3.96. The number of thiol groups is 1. The zero-order valence-electron chi connectivity index (χ0n) is 9.28. The Balaban J connectivity index is 2.40. The van der Waals surface area contributed by atoms with E-state index in [1.807, 2.05) is 19.9 Å². The molecule has 0 aromatic carbocycles. The quantitative estimate of drug-likeness (QED) is 0.782. The number of nitrogens with one attached hydrogen (secondary N) is 1. The Morgan fingerprint density at radius 2 is 2.20 bits per heavy atom. The van der Waals surface area contributed by atoms with Crippen molar-refractivity contribution in [2.24, 2.45) is 5.92 Å². The first kappa shape index (κ1) is 12.6. The van der Waals surface area contributed by atoms with Crippen LogP contribution in [-0.2, 0) is 11.3 Å². The van der Waals surface area contributed by atoms with E-state index < -0.39 is 0 Å². The van der Waals surface area contributed by atoms with Crippen molar-refractivity contribution < 1.29 is 4.79 Å². The molecule has 84 valence electrons. The van der Waals surface area contributed by atoms with Crippen LogP contribution >= 0.6 is 24.0 Å². The maximum absolute atomic E-state index is 11.6. The number of hydrogen-bond donors (Lipinski definition) is 2. The van der Waals surface area contributed by atoms with Crippen LogP contribution in [0.5, 0.6) is 0 Å². The van der Waals surface area contributed by atoms with Crippen molar-refractivity contribution in [2.75, 3.05) is 0 Å². The number of carbonyl (C=O) groups excluding carboxylic acids is 1. The van der Waals surface area contributed by atoms with Crippen LogP contribution in [0.3, 0.4) is 0 Å². The maximum atomic E-state index is 11.6. The number of aryl methyl sites for hydroxylation is 1. The van der Waals surface area contributed by atoms with Crippen molar-refractivity contribution in [1.29, 1.82) is 0 Å². The summed E-state index contributed by atoms with van der Waals surface area (Å²) in [5.74, 6) is 0.276. The molecule has 0 saturated carbocycles. The Morgan fingerprint density at radius 1 is 1.53 bits per heavy atom. The van der Waals surface area contributed by atoms with Crippen LogP contribution in [0.2, 0.25) is 0 Å². The van der Waals surface area contributed by atoms with Gasteiger partial charge in [0, 0.05) is 9.75 Å². The lowest BCUT2D eigenvalue weighted by Gasteiger charge is -2.13. The Hall–Kier alpha value is -0.480. The third kappa shape index (κ3) is 3.87.